The molecule has 1 spiro atoms. The van der Waals surface area contributed by atoms with Crippen LogP contribution in [0.5, 0.6) is 0 Å². The summed E-state index contributed by atoms with van der Waals surface area (Å²) in [6, 6.07) is 10.9. The first-order chi connectivity index (χ1) is 8.81. The van der Waals surface area contributed by atoms with E-state index in [1.807, 2.05) is 0 Å². The van der Waals surface area contributed by atoms with Gasteiger partial charge in [-0.3, -0.25) is 0 Å². The van der Waals surface area contributed by atoms with E-state index in [0.717, 1.165) is 29.7 Å². The summed E-state index contributed by atoms with van der Waals surface area (Å²) >= 11 is 0. The molecule has 4 aliphatic rings. The van der Waals surface area contributed by atoms with Gasteiger partial charge in [-0.15, -0.1) is 0 Å². The molecule has 0 radical (unpaired) electrons. The molecule has 1 nitrogen and oxygen atoms in total. The average Bonchev–Trinajstić information content (AvgIpc) is 2.99. The van der Waals surface area contributed by atoms with Crippen molar-refractivity contribution in [2.75, 3.05) is 0 Å². The van der Waals surface area contributed by atoms with Crippen LogP contribution < -0.4 is 5.32 Å². The summed E-state index contributed by atoms with van der Waals surface area (Å²) in [5, 5.41) is 3.97. The van der Waals surface area contributed by atoms with Gasteiger partial charge in [-0.05, 0) is 60.8 Å². The van der Waals surface area contributed by atoms with Crippen molar-refractivity contribution in [1.29, 1.82) is 0 Å². The van der Waals surface area contributed by atoms with Crippen LogP contribution in [0.25, 0.3) is 0 Å². The first kappa shape index (κ1) is 10.0. The lowest BCUT2D eigenvalue weighted by Crippen LogP contribution is -2.48. The van der Waals surface area contributed by atoms with Crippen molar-refractivity contribution in [3.8, 4) is 0 Å². The predicted molar refractivity (Wildman–Crippen MR) is 72.0 cm³/mol. The maximum absolute atomic E-state index is 3.97. The van der Waals surface area contributed by atoms with E-state index >= 15 is 0 Å². The van der Waals surface area contributed by atoms with Gasteiger partial charge in [0.2, 0.25) is 0 Å². The molecule has 1 aromatic rings. The zero-order valence-corrected chi connectivity index (χ0v) is 10.9. The van der Waals surface area contributed by atoms with Crippen LogP contribution in [0.2, 0.25) is 0 Å². The summed E-state index contributed by atoms with van der Waals surface area (Å²) in [6.45, 7) is 1.08. The lowest BCUT2D eigenvalue weighted by Gasteiger charge is -2.47. The minimum Gasteiger partial charge on any atom is -0.307 e. The summed E-state index contributed by atoms with van der Waals surface area (Å²) in [4.78, 5) is 0. The van der Waals surface area contributed by atoms with Gasteiger partial charge in [-0.25, -0.2) is 0 Å². The Kier molecular flexibility index (Phi) is 1.68. The molecule has 0 aliphatic heterocycles. The third-order valence-corrected chi connectivity index (χ3v) is 6.68. The molecule has 0 saturated heterocycles. The lowest BCUT2D eigenvalue weighted by molar-refractivity contribution is 0.0365. The maximum Gasteiger partial charge on any atom is 0.0253 e. The highest BCUT2D eigenvalue weighted by Crippen LogP contribution is 2.82. The Morgan fingerprint density at radius 3 is 2.89 bits per heavy atom. The van der Waals surface area contributed by atoms with Crippen LogP contribution in [-0.4, -0.2) is 5.54 Å². The van der Waals surface area contributed by atoms with Crippen LogP contribution in [0.3, 0.4) is 0 Å². The van der Waals surface area contributed by atoms with Crippen molar-refractivity contribution >= 4 is 0 Å². The van der Waals surface area contributed by atoms with E-state index in [1.165, 1.54) is 18.4 Å². The molecule has 2 bridgehead atoms. The van der Waals surface area contributed by atoms with Crippen LogP contribution in [0, 0.1) is 23.2 Å². The van der Waals surface area contributed by atoms with Gasteiger partial charge in [-0.1, -0.05) is 30.3 Å². The van der Waals surface area contributed by atoms with Crippen LogP contribution in [0.1, 0.15) is 37.7 Å². The van der Waals surface area contributed by atoms with E-state index in [9.17, 15) is 0 Å². The van der Waals surface area contributed by atoms with Crippen molar-refractivity contribution in [1.82, 2.24) is 5.32 Å². The molecule has 5 unspecified atom stereocenters. The fourth-order valence-corrected chi connectivity index (χ4v) is 5.96. The van der Waals surface area contributed by atoms with E-state index in [-0.39, 0.29) is 0 Å². The molecule has 0 heterocycles. The Morgan fingerprint density at radius 1 is 1.11 bits per heavy atom. The zero-order chi connectivity index (χ0) is 11.8. The van der Waals surface area contributed by atoms with Gasteiger partial charge in [0.1, 0.15) is 0 Å². The zero-order valence-electron chi connectivity index (χ0n) is 10.9. The average molecular weight is 239 g/mol. The summed E-state index contributed by atoms with van der Waals surface area (Å²) < 4.78 is 0. The molecule has 5 rings (SSSR count). The smallest absolute Gasteiger partial charge is 0.0253 e. The minimum absolute atomic E-state index is 0.559. The molecule has 94 valence electrons. The summed E-state index contributed by atoms with van der Waals surface area (Å²) in [5.74, 6) is 3.29. The quantitative estimate of drug-likeness (QED) is 0.853. The molecule has 1 N–H and O–H groups in total. The predicted octanol–water partition coefficient (Wildman–Crippen LogP) is 3.35. The minimum atomic E-state index is 0.559. The molecule has 4 aliphatic carbocycles. The largest absolute Gasteiger partial charge is 0.307 e. The first-order valence-electron chi connectivity index (χ1n) is 7.60. The Hall–Kier alpha value is -0.820. The normalized spacial score (nSPS) is 50.6. The highest BCUT2D eigenvalue weighted by atomic mass is 15.1. The number of hydrogen-bond acceptors (Lipinski definition) is 1. The number of hydrogen-bond donors (Lipinski definition) is 1. The number of benzene rings is 1. The third kappa shape index (κ3) is 1.04. The van der Waals surface area contributed by atoms with Crippen LogP contribution in [-0.2, 0) is 6.54 Å². The Morgan fingerprint density at radius 2 is 2.00 bits per heavy atom. The lowest BCUT2D eigenvalue weighted by atomic mass is 9.60. The summed E-state index contributed by atoms with van der Waals surface area (Å²) in [6.07, 6.45) is 7.65. The van der Waals surface area contributed by atoms with Gasteiger partial charge in [0.15, 0.2) is 0 Å². The molecule has 1 aromatic carbocycles. The van der Waals surface area contributed by atoms with E-state index in [2.05, 4.69) is 35.6 Å². The monoisotopic (exact) mass is 239 g/mol. The SMILES string of the molecule is c1ccc(CNC23CC4CC5CC2(C3)C5C4)cc1. The van der Waals surface area contributed by atoms with Crippen molar-refractivity contribution in [3.63, 3.8) is 0 Å². The maximum atomic E-state index is 3.97. The van der Waals surface area contributed by atoms with Crippen molar-refractivity contribution < 1.29 is 0 Å². The second-order valence-corrected chi connectivity index (χ2v) is 7.37. The van der Waals surface area contributed by atoms with Crippen molar-refractivity contribution in [2.45, 2.75) is 44.2 Å². The van der Waals surface area contributed by atoms with Gasteiger partial charge in [0.25, 0.3) is 0 Å². The van der Waals surface area contributed by atoms with E-state index in [4.69, 9.17) is 0 Å². The molecule has 1 heteroatoms. The topological polar surface area (TPSA) is 12.0 Å². The molecule has 0 amide bonds. The van der Waals surface area contributed by atoms with Gasteiger partial charge in [0.05, 0.1) is 0 Å². The second-order valence-electron chi connectivity index (χ2n) is 7.37. The molecule has 0 aromatic heterocycles. The van der Waals surface area contributed by atoms with E-state index in [1.54, 1.807) is 19.3 Å². The molecular formula is C17H21N. The van der Waals surface area contributed by atoms with Crippen LogP contribution in [0.4, 0.5) is 0 Å². The number of rotatable bonds is 3. The second kappa shape index (κ2) is 3.01. The van der Waals surface area contributed by atoms with Gasteiger partial charge in [-0.2, -0.15) is 0 Å². The van der Waals surface area contributed by atoms with Gasteiger partial charge >= 0.3 is 0 Å². The Balaban J connectivity index is 1.37. The van der Waals surface area contributed by atoms with Crippen LogP contribution in [0.15, 0.2) is 30.3 Å². The Bertz CT molecular complexity index is 496. The van der Waals surface area contributed by atoms with Crippen LogP contribution >= 0.6 is 0 Å². The standard InChI is InChI=1S/C17H21N/c1-2-4-12(5-3-1)10-18-17-8-13-6-14-9-16(17,11-17)15(14)7-13/h1-5,13-15,18H,6-11H2. The van der Waals surface area contributed by atoms with Gasteiger partial charge < -0.3 is 5.32 Å². The van der Waals surface area contributed by atoms with Gasteiger partial charge in [0, 0.05) is 12.1 Å². The third-order valence-electron chi connectivity index (χ3n) is 6.68. The fraction of sp³-hybridized carbons (Fsp3) is 0.647. The van der Waals surface area contributed by atoms with E-state index < -0.39 is 0 Å². The van der Waals surface area contributed by atoms with Crippen molar-refractivity contribution in [3.05, 3.63) is 35.9 Å². The number of fused-ring (bicyclic) bond motifs is 1. The highest BCUT2D eigenvalue weighted by molar-refractivity contribution is 5.34. The molecular weight excluding hydrogens is 218 g/mol. The molecule has 5 atom stereocenters. The fourth-order valence-electron chi connectivity index (χ4n) is 5.96. The summed E-state index contributed by atoms with van der Waals surface area (Å²) in [7, 11) is 0. The molecule has 18 heavy (non-hydrogen) atoms. The summed E-state index contributed by atoms with van der Waals surface area (Å²) in [5.41, 5.74) is 2.77. The van der Waals surface area contributed by atoms with Crippen molar-refractivity contribution in [2.24, 2.45) is 23.2 Å². The first-order valence-corrected chi connectivity index (χ1v) is 7.60. The molecule has 4 saturated carbocycles. The van der Waals surface area contributed by atoms with E-state index in [0.29, 0.717) is 5.54 Å². The Labute approximate surface area is 109 Å². The molecule has 4 fully saturated rings. The highest BCUT2D eigenvalue weighted by Gasteiger charge is 2.80. The number of nitrogens with one attached hydrogen (secondary N) is 1.